The van der Waals surface area contributed by atoms with Gasteiger partial charge in [0.15, 0.2) is 0 Å². The summed E-state index contributed by atoms with van der Waals surface area (Å²) in [6.45, 7) is 2.64. The van der Waals surface area contributed by atoms with Crippen LogP contribution in [0.15, 0.2) is 40.9 Å². The van der Waals surface area contributed by atoms with Crippen LogP contribution in [0.4, 0.5) is 0 Å². The Morgan fingerprint density at radius 1 is 1.20 bits per heavy atom. The molecular weight excluding hydrogens is 314 g/mol. The van der Waals surface area contributed by atoms with Crippen LogP contribution in [0.1, 0.15) is 11.1 Å². The third-order valence-corrected chi connectivity index (χ3v) is 4.49. The fourth-order valence-electron chi connectivity index (χ4n) is 2.40. The lowest BCUT2D eigenvalue weighted by molar-refractivity contribution is 0.956. The summed E-state index contributed by atoms with van der Waals surface area (Å²) in [6.07, 6.45) is 0. The Morgan fingerprint density at radius 2 is 2.00 bits per heavy atom. The zero-order valence-electron chi connectivity index (χ0n) is 11.5. The lowest BCUT2D eigenvalue weighted by Crippen LogP contribution is -1.97. The zero-order valence-corrected chi connectivity index (χ0v) is 13.1. The molecule has 1 aromatic heterocycles. The molecule has 3 aromatic rings. The van der Waals surface area contributed by atoms with Gasteiger partial charge in [0.25, 0.3) is 0 Å². The lowest BCUT2D eigenvalue weighted by atomic mass is 10.1. The molecule has 0 amide bonds. The molecular formula is C16H16BrN3. The second-order valence-electron chi connectivity index (χ2n) is 4.99. The first kappa shape index (κ1) is 13.3. The number of fused-ring (bicyclic) bond motifs is 1. The molecule has 0 saturated heterocycles. The first-order valence-corrected chi connectivity index (χ1v) is 7.31. The van der Waals surface area contributed by atoms with Crippen LogP contribution >= 0.6 is 15.9 Å². The van der Waals surface area contributed by atoms with Gasteiger partial charge < -0.3 is 10.3 Å². The highest BCUT2D eigenvalue weighted by molar-refractivity contribution is 9.10. The summed E-state index contributed by atoms with van der Waals surface area (Å²) in [6, 6.07) is 12.5. The Kier molecular flexibility index (Phi) is 3.36. The van der Waals surface area contributed by atoms with Gasteiger partial charge in [-0.3, -0.25) is 0 Å². The molecule has 0 aliphatic carbocycles. The van der Waals surface area contributed by atoms with Crippen molar-refractivity contribution in [2.24, 2.45) is 12.8 Å². The molecule has 0 bridgehead atoms. The van der Waals surface area contributed by atoms with Crippen molar-refractivity contribution >= 4 is 27.0 Å². The van der Waals surface area contributed by atoms with Crippen LogP contribution in [0.25, 0.3) is 22.4 Å². The standard InChI is InChI=1S/C16H16BrN3/c1-10-7-12(4-5-13(10)17)16-19-14-6-3-11(9-18)8-15(14)20(16)2/h3-8H,9,18H2,1-2H3. The Labute approximate surface area is 126 Å². The quantitative estimate of drug-likeness (QED) is 0.777. The van der Waals surface area contributed by atoms with Gasteiger partial charge in [-0.2, -0.15) is 0 Å². The number of halogens is 1. The number of nitrogens with zero attached hydrogens (tertiary/aromatic N) is 2. The summed E-state index contributed by atoms with van der Waals surface area (Å²) in [5.41, 5.74) is 11.3. The van der Waals surface area contributed by atoms with Crippen molar-refractivity contribution in [3.8, 4) is 11.4 Å². The SMILES string of the molecule is Cc1cc(-c2nc3ccc(CN)cc3n2C)ccc1Br. The van der Waals surface area contributed by atoms with E-state index < -0.39 is 0 Å². The maximum atomic E-state index is 5.71. The van der Waals surface area contributed by atoms with Gasteiger partial charge in [0.05, 0.1) is 11.0 Å². The molecule has 0 aliphatic rings. The summed E-state index contributed by atoms with van der Waals surface area (Å²) in [7, 11) is 2.04. The van der Waals surface area contributed by atoms with Gasteiger partial charge >= 0.3 is 0 Å². The molecule has 0 aliphatic heterocycles. The molecule has 2 aromatic carbocycles. The number of hydrogen-bond donors (Lipinski definition) is 1. The summed E-state index contributed by atoms with van der Waals surface area (Å²) >= 11 is 3.53. The van der Waals surface area contributed by atoms with E-state index in [2.05, 4.69) is 51.7 Å². The van der Waals surface area contributed by atoms with E-state index in [1.807, 2.05) is 19.2 Å². The number of nitrogens with two attached hydrogens (primary N) is 1. The summed E-state index contributed by atoms with van der Waals surface area (Å²) < 4.78 is 3.24. The second-order valence-corrected chi connectivity index (χ2v) is 5.84. The monoisotopic (exact) mass is 329 g/mol. The number of aryl methyl sites for hydroxylation is 2. The maximum Gasteiger partial charge on any atom is 0.140 e. The van der Waals surface area contributed by atoms with E-state index in [0.29, 0.717) is 6.54 Å². The Morgan fingerprint density at radius 3 is 2.70 bits per heavy atom. The van der Waals surface area contributed by atoms with Gasteiger partial charge in [0.2, 0.25) is 0 Å². The normalized spacial score (nSPS) is 11.2. The molecule has 3 nitrogen and oxygen atoms in total. The first-order valence-electron chi connectivity index (χ1n) is 6.52. The second kappa shape index (κ2) is 5.04. The van der Waals surface area contributed by atoms with Crippen LogP contribution in [-0.4, -0.2) is 9.55 Å². The number of aromatic nitrogens is 2. The van der Waals surface area contributed by atoms with E-state index in [1.54, 1.807) is 0 Å². The third kappa shape index (κ3) is 2.15. The average Bonchev–Trinajstić information content (AvgIpc) is 2.79. The molecule has 20 heavy (non-hydrogen) atoms. The fraction of sp³-hybridized carbons (Fsp3) is 0.188. The van der Waals surface area contributed by atoms with Crippen LogP contribution in [0, 0.1) is 6.92 Å². The highest BCUT2D eigenvalue weighted by Crippen LogP contribution is 2.27. The maximum absolute atomic E-state index is 5.71. The van der Waals surface area contributed by atoms with Gasteiger partial charge in [-0.1, -0.05) is 28.1 Å². The highest BCUT2D eigenvalue weighted by Gasteiger charge is 2.11. The van der Waals surface area contributed by atoms with Gasteiger partial charge in [-0.25, -0.2) is 4.98 Å². The molecule has 0 unspecified atom stereocenters. The molecule has 102 valence electrons. The Hall–Kier alpha value is -1.65. The molecule has 4 heteroatoms. The molecule has 0 fully saturated rings. The Bertz CT molecular complexity index is 790. The van der Waals surface area contributed by atoms with E-state index in [-0.39, 0.29) is 0 Å². The van der Waals surface area contributed by atoms with E-state index in [9.17, 15) is 0 Å². The van der Waals surface area contributed by atoms with Crippen LogP contribution in [-0.2, 0) is 13.6 Å². The molecule has 0 saturated carbocycles. The minimum atomic E-state index is 0.549. The summed E-state index contributed by atoms with van der Waals surface area (Å²) in [4.78, 5) is 4.74. The molecule has 0 spiro atoms. The van der Waals surface area contributed by atoms with E-state index in [1.165, 1.54) is 5.56 Å². The van der Waals surface area contributed by atoms with Gasteiger partial charge in [-0.15, -0.1) is 0 Å². The van der Waals surface area contributed by atoms with Crippen LogP contribution in [0.3, 0.4) is 0 Å². The predicted molar refractivity (Wildman–Crippen MR) is 86.5 cm³/mol. The minimum Gasteiger partial charge on any atom is -0.327 e. The molecule has 0 atom stereocenters. The van der Waals surface area contributed by atoms with Crippen molar-refractivity contribution in [1.82, 2.24) is 9.55 Å². The van der Waals surface area contributed by atoms with Crippen LogP contribution < -0.4 is 5.73 Å². The number of rotatable bonds is 2. The average molecular weight is 330 g/mol. The largest absolute Gasteiger partial charge is 0.327 e. The first-order chi connectivity index (χ1) is 9.60. The van der Waals surface area contributed by atoms with E-state index in [4.69, 9.17) is 10.7 Å². The molecule has 0 radical (unpaired) electrons. The lowest BCUT2D eigenvalue weighted by Gasteiger charge is -2.05. The predicted octanol–water partition coefficient (Wildman–Crippen LogP) is 3.77. The van der Waals surface area contributed by atoms with Crippen molar-refractivity contribution < 1.29 is 0 Å². The molecule has 1 heterocycles. The fourth-order valence-corrected chi connectivity index (χ4v) is 2.65. The number of imidazole rings is 1. The topological polar surface area (TPSA) is 43.8 Å². The minimum absolute atomic E-state index is 0.549. The smallest absolute Gasteiger partial charge is 0.140 e. The van der Waals surface area contributed by atoms with Gasteiger partial charge in [0, 0.05) is 23.6 Å². The molecule has 3 rings (SSSR count). The van der Waals surface area contributed by atoms with Crippen LogP contribution in [0.2, 0.25) is 0 Å². The van der Waals surface area contributed by atoms with E-state index >= 15 is 0 Å². The zero-order chi connectivity index (χ0) is 14.3. The van der Waals surface area contributed by atoms with E-state index in [0.717, 1.165) is 32.5 Å². The van der Waals surface area contributed by atoms with Gasteiger partial charge in [0.1, 0.15) is 5.82 Å². The Balaban J connectivity index is 2.21. The highest BCUT2D eigenvalue weighted by atomic mass is 79.9. The molecule has 2 N–H and O–H groups in total. The number of hydrogen-bond acceptors (Lipinski definition) is 2. The van der Waals surface area contributed by atoms with Crippen molar-refractivity contribution in [3.63, 3.8) is 0 Å². The summed E-state index contributed by atoms with van der Waals surface area (Å²) in [5, 5.41) is 0. The van der Waals surface area contributed by atoms with Crippen molar-refractivity contribution in [1.29, 1.82) is 0 Å². The van der Waals surface area contributed by atoms with Crippen LogP contribution in [0.5, 0.6) is 0 Å². The van der Waals surface area contributed by atoms with Crippen molar-refractivity contribution in [2.45, 2.75) is 13.5 Å². The van der Waals surface area contributed by atoms with Crippen molar-refractivity contribution in [3.05, 3.63) is 52.0 Å². The third-order valence-electron chi connectivity index (χ3n) is 3.60. The number of benzene rings is 2. The summed E-state index contributed by atoms with van der Waals surface area (Å²) in [5.74, 6) is 0.977. The van der Waals surface area contributed by atoms with Gasteiger partial charge in [-0.05, 0) is 42.3 Å². The van der Waals surface area contributed by atoms with Crippen molar-refractivity contribution in [2.75, 3.05) is 0 Å².